The number of rotatable bonds is 10. The average molecular weight is 403 g/mol. The molecule has 1 unspecified atom stereocenters. The van der Waals surface area contributed by atoms with Gasteiger partial charge in [0.1, 0.15) is 11.8 Å². The minimum absolute atomic E-state index is 0.149. The van der Waals surface area contributed by atoms with E-state index in [2.05, 4.69) is 5.32 Å². The third kappa shape index (κ3) is 6.27. The molecule has 0 aromatic heterocycles. The van der Waals surface area contributed by atoms with Gasteiger partial charge >= 0.3 is 0 Å². The van der Waals surface area contributed by atoms with Crippen LogP contribution in [0.5, 0.6) is 5.75 Å². The van der Waals surface area contributed by atoms with E-state index >= 15 is 0 Å². The summed E-state index contributed by atoms with van der Waals surface area (Å²) in [6.45, 7) is 4.55. The van der Waals surface area contributed by atoms with Gasteiger partial charge in [0.2, 0.25) is 5.91 Å². The summed E-state index contributed by atoms with van der Waals surface area (Å²) >= 11 is 6.10. The number of amides is 2. The molecule has 0 aliphatic carbocycles. The molecule has 28 heavy (non-hydrogen) atoms. The van der Waals surface area contributed by atoms with Crippen LogP contribution in [0.25, 0.3) is 0 Å². The van der Waals surface area contributed by atoms with Gasteiger partial charge in [-0.25, -0.2) is 0 Å². The Morgan fingerprint density at radius 3 is 2.39 bits per heavy atom. The van der Waals surface area contributed by atoms with Gasteiger partial charge in [0.15, 0.2) is 6.61 Å². The molecule has 1 atom stereocenters. The summed E-state index contributed by atoms with van der Waals surface area (Å²) in [7, 11) is 0. The van der Waals surface area contributed by atoms with E-state index in [0.717, 1.165) is 5.56 Å². The van der Waals surface area contributed by atoms with Gasteiger partial charge in [-0.2, -0.15) is 0 Å². The molecule has 150 valence electrons. The summed E-state index contributed by atoms with van der Waals surface area (Å²) in [5.41, 5.74) is 1.11. The van der Waals surface area contributed by atoms with E-state index in [-0.39, 0.29) is 18.4 Å². The normalized spacial score (nSPS) is 11.5. The van der Waals surface area contributed by atoms with Gasteiger partial charge in [-0.1, -0.05) is 61.0 Å². The summed E-state index contributed by atoms with van der Waals surface area (Å²) < 4.78 is 5.61. The highest BCUT2D eigenvalue weighted by atomic mass is 35.5. The molecule has 6 heteroatoms. The molecule has 0 bridgehead atoms. The van der Waals surface area contributed by atoms with E-state index in [9.17, 15) is 9.59 Å². The number of hydrogen-bond acceptors (Lipinski definition) is 3. The van der Waals surface area contributed by atoms with Gasteiger partial charge in [-0.15, -0.1) is 0 Å². The van der Waals surface area contributed by atoms with Gasteiger partial charge < -0.3 is 15.0 Å². The number of nitrogens with zero attached hydrogens (tertiary/aromatic N) is 1. The SMILES string of the molecule is CCNC(=O)C(CC)N(CCc1ccccc1)C(=O)COc1ccccc1Cl. The molecule has 0 radical (unpaired) electrons. The zero-order valence-electron chi connectivity index (χ0n) is 16.4. The van der Waals surface area contributed by atoms with Crippen molar-refractivity contribution < 1.29 is 14.3 Å². The Bertz CT molecular complexity index is 767. The quantitative estimate of drug-likeness (QED) is 0.659. The lowest BCUT2D eigenvalue weighted by Gasteiger charge is -2.30. The predicted octanol–water partition coefficient (Wildman–Crippen LogP) is 3.70. The molecular weight excluding hydrogens is 376 g/mol. The fraction of sp³-hybridized carbons (Fsp3) is 0.364. The first-order chi connectivity index (χ1) is 13.6. The molecule has 2 aromatic carbocycles. The van der Waals surface area contributed by atoms with Crippen LogP contribution in [0.4, 0.5) is 0 Å². The number of halogens is 1. The lowest BCUT2D eigenvalue weighted by atomic mass is 10.1. The average Bonchev–Trinajstić information content (AvgIpc) is 2.71. The Morgan fingerprint density at radius 1 is 1.07 bits per heavy atom. The Labute approximate surface area is 171 Å². The maximum absolute atomic E-state index is 12.9. The molecule has 0 spiro atoms. The third-order valence-corrected chi connectivity index (χ3v) is 4.72. The van der Waals surface area contributed by atoms with Crippen molar-refractivity contribution in [3.05, 3.63) is 65.2 Å². The van der Waals surface area contributed by atoms with Crippen molar-refractivity contribution in [2.24, 2.45) is 0 Å². The van der Waals surface area contributed by atoms with Crippen LogP contribution in [0.15, 0.2) is 54.6 Å². The van der Waals surface area contributed by atoms with Crippen molar-refractivity contribution in [3.63, 3.8) is 0 Å². The topological polar surface area (TPSA) is 58.6 Å². The highest BCUT2D eigenvalue weighted by molar-refractivity contribution is 6.32. The van der Waals surface area contributed by atoms with Gasteiger partial charge in [0.05, 0.1) is 5.02 Å². The molecule has 2 amide bonds. The maximum Gasteiger partial charge on any atom is 0.261 e. The number of hydrogen-bond donors (Lipinski definition) is 1. The number of nitrogens with one attached hydrogen (secondary N) is 1. The summed E-state index contributed by atoms with van der Waals surface area (Å²) in [6.07, 6.45) is 1.19. The van der Waals surface area contributed by atoms with E-state index in [4.69, 9.17) is 16.3 Å². The van der Waals surface area contributed by atoms with E-state index in [1.807, 2.05) is 44.2 Å². The van der Waals surface area contributed by atoms with Crippen LogP contribution in [0, 0.1) is 0 Å². The standard InChI is InChI=1S/C22H27ClN2O3/c1-3-19(22(27)24-4-2)25(15-14-17-10-6-5-7-11-17)21(26)16-28-20-13-9-8-12-18(20)23/h5-13,19H,3-4,14-16H2,1-2H3,(H,24,27). The van der Waals surface area contributed by atoms with Crippen LogP contribution in [0.3, 0.4) is 0 Å². The zero-order chi connectivity index (χ0) is 20.4. The Balaban J connectivity index is 2.11. The second kappa shape index (κ2) is 11.3. The van der Waals surface area contributed by atoms with Gasteiger partial charge in [-0.3, -0.25) is 9.59 Å². The molecule has 0 saturated carbocycles. The molecular formula is C22H27ClN2O3. The number of likely N-dealkylation sites (N-methyl/N-ethyl adjacent to an activating group) is 1. The monoisotopic (exact) mass is 402 g/mol. The van der Waals surface area contributed by atoms with E-state index < -0.39 is 6.04 Å². The first kappa shape index (κ1) is 21.8. The van der Waals surface area contributed by atoms with Crippen LogP contribution in [-0.4, -0.2) is 42.5 Å². The van der Waals surface area contributed by atoms with Gasteiger partial charge in [-0.05, 0) is 37.5 Å². The molecule has 2 aromatic rings. The predicted molar refractivity (Wildman–Crippen MR) is 112 cm³/mol. The molecule has 0 aliphatic heterocycles. The van der Waals surface area contributed by atoms with Crippen LogP contribution in [0.2, 0.25) is 5.02 Å². The molecule has 2 rings (SSSR count). The summed E-state index contributed by atoms with van der Waals surface area (Å²) in [6, 6.07) is 16.4. The summed E-state index contributed by atoms with van der Waals surface area (Å²) in [5, 5.41) is 3.26. The van der Waals surface area contributed by atoms with Crippen molar-refractivity contribution >= 4 is 23.4 Å². The van der Waals surface area contributed by atoms with Crippen LogP contribution < -0.4 is 10.1 Å². The molecule has 0 fully saturated rings. The minimum Gasteiger partial charge on any atom is -0.482 e. The number of para-hydroxylation sites is 1. The smallest absolute Gasteiger partial charge is 0.261 e. The highest BCUT2D eigenvalue weighted by Gasteiger charge is 2.28. The maximum atomic E-state index is 12.9. The zero-order valence-corrected chi connectivity index (χ0v) is 17.1. The molecule has 0 heterocycles. The largest absolute Gasteiger partial charge is 0.482 e. The number of ether oxygens (including phenoxy) is 1. The van der Waals surface area contributed by atoms with Crippen LogP contribution >= 0.6 is 11.6 Å². The molecule has 0 saturated heterocycles. The first-order valence-corrected chi connectivity index (χ1v) is 9.93. The highest BCUT2D eigenvalue weighted by Crippen LogP contribution is 2.23. The second-order valence-corrected chi connectivity index (χ2v) is 6.77. The molecule has 5 nitrogen and oxygen atoms in total. The number of carbonyl (C=O) groups excluding carboxylic acids is 2. The van der Waals surface area contributed by atoms with Crippen molar-refractivity contribution in [1.29, 1.82) is 0 Å². The van der Waals surface area contributed by atoms with Crippen LogP contribution in [-0.2, 0) is 16.0 Å². The van der Waals surface area contributed by atoms with Crippen molar-refractivity contribution in [3.8, 4) is 5.75 Å². The van der Waals surface area contributed by atoms with Crippen molar-refractivity contribution in [1.82, 2.24) is 10.2 Å². The Kier molecular flexibility index (Phi) is 8.82. The fourth-order valence-corrected chi connectivity index (χ4v) is 3.16. The summed E-state index contributed by atoms with van der Waals surface area (Å²) in [4.78, 5) is 27.0. The Morgan fingerprint density at radius 2 is 1.75 bits per heavy atom. The number of carbonyl (C=O) groups is 2. The Hall–Kier alpha value is -2.53. The number of benzene rings is 2. The first-order valence-electron chi connectivity index (χ1n) is 9.55. The second-order valence-electron chi connectivity index (χ2n) is 6.36. The van der Waals surface area contributed by atoms with E-state index in [0.29, 0.717) is 36.7 Å². The van der Waals surface area contributed by atoms with Gasteiger partial charge in [0.25, 0.3) is 5.91 Å². The molecule has 0 aliphatic rings. The van der Waals surface area contributed by atoms with E-state index in [1.54, 1.807) is 29.2 Å². The lowest BCUT2D eigenvalue weighted by Crippen LogP contribution is -2.51. The van der Waals surface area contributed by atoms with Gasteiger partial charge in [0, 0.05) is 13.1 Å². The van der Waals surface area contributed by atoms with Crippen molar-refractivity contribution in [2.45, 2.75) is 32.7 Å². The lowest BCUT2D eigenvalue weighted by molar-refractivity contribution is -0.142. The van der Waals surface area contributed by atoms with Crippen molar-refractivity contribution in [2.75, 3.05) is 19.7 Å². The van der Waals surface area contributed by atoms with Crippen LogP contribution in [0.1, 0.15) is 25.8 Å². The molecule has 1 N–H and O–H groups in total. The third-order valence-electron chi connectivity index (χ3n) is 4.41. The minimum atomic E-state index is -0.536. The summed E-state index contributed by atoms with van der Waals surface area (Å²) in [5.74, 6) is 0.0599. The fourth-order valence-electron chi connectivity index (χ4n) is 2.97. The van der Waals surface area contributed by atoms with E-state index in [1.165, 1.54) is 0 Å².